The molecule has 3 heteroatoms. The van der Waals surface area contributed by atoms with Crippen molar-refractivity contribution in [3.63, 3.8) is 0 Å². The Kier molecular flexibility index (Phi) is 2.19. The van der Waals surface area contributed by atoms with Gasteiger partial charge in [0.25, 0.3) is 0 Å². The van der Waals surface area contributed by atoms with Crippen molar-refractivity contribution in [2.75, 3.05) is 6.61 Å². The van der Waals surface area contributed by atoms with Gasteiger partial charge in [-0.05, 0) is 30.4 Å². The molecule has 1 aromatic heterocycles. The monoisotopic (exact) mass is 194 g/mol. The molecule has 0 saturated heterocycles. The van der Waals surface area contributed by atoms with Crippen molar-refractivity contribution in [3.05, 3.63) is 28.0 Å². The number of allylic oxidation sites excluding steroid dienone is 1. The summed E-state index contributed by atoms with van der Waals surface area (Å²) >= 11 is 1.61. The third-order valence-corrected chi connectivity index (χ3v) is 3.00. The van der Waals surface area contributed by atoms with E-state index >= 15 is 0 Å². The molecular formula is C10H10O2S. The average molecular weight is 194 g/mol. The fraction of sp³-hybridized carbons (Fsp3) is 0.300. The lowest BCUT2D eigenvalue weighted by Crippen LogP contribution is -2.04. The van der Waals surface area contributed by atoms with E-state index < -0.39 is 0 Å². The SMILES string of the molecule is CCOC(=O)C1=CCc2ccsc21. The first-order valence-electron chi connectivity index (χ1n) is 4.27. The van der Waals surface area contributed by atoms with Gasteiger partial charge in [-0.1, -0.05) is 6.08 Å². The molecule has 1 aliphatic carbocycles. The summed E-state index contributed by atoms with van der Waals surface area (Å²) < 4.78 is 4.95. The van der Waals surface area contributed by atoms with Gasteiger partial charge in [-0.25, -0.2) is 4.79 Å². The highest BCUT2D eigenvalue weighted by molar-refractivity contribution is 7.11. The number of hydrogen-bond acceptors (Lipinski definition) is 3. The molecule has 0 saturated carbocycles. The van der Waals surface area contributed by atoms with Crippen LogP contribution in [0.25, 0.3) is 5.57 Å². The zero-order chi connectivity index (χ0) is 9.26. The Balaban J connectivity index is 2.24. The van der Waals surface area contributed by atoms with Crippen molar-refractivity contribution in [1.82, 2.24) is 0 Å². The summed E-state index contributed by atoms with van der Waals surface area (Å²) in [6, 6.07) is 2.06. The van der Waals surface area contributed by atoms with E-state index in [9.17, 15) is 4.79 Å². The Morgan fingerprint density at radius 1 is 1.69 bits per heavy atom. The molecule has 2 rings (SSSR count). The zero-order valence-electron chi connectivity index (χ0n) is 7.37. The van der Waals surface area contributed by atoms with Crippen molar-refractivity contribution in [2.24, 2.45) is 0 Å². The van der Waals surface area contributed by atoms with E-state index in [1.54, 1.807) is 11.3 Å². The van der Waals surface area contributed by atoms with Gasteiger partial charge in [-0.15, -0.1) is 11.3 Å². The van der Waals surface area contributed by atoms with E-state index in [1.165, 1.54) is 5.56 Å². The minimum Gasteiger partial charge on any atom is -0.462 e. The Hall–Kier alpha value is -1.09. The van der Waals surface area contributed by atoms with Gasteiger partial charge in [0, 0.05) is 4.88 Å². The molecule has 2 nitrogen and oxygen atoms in total. The van der Waals surface area contributed by atoms with E-state index in [1.807, 2.05) is 18.4 Å². The van der Waals surface area contributed by atoms with Crippen LogP contribution in [-0.2, 0) is 16.0 Å². The quantitative estimate of drug-likeness (QED) is 0.675. The summed E-state index contributed by atoms with van der Waals surface area (Å²) in [5.41, 5.74) is 1.99. The standard InChI is InChI=1S/C10H10O2S/c1-2-12-10(11)8-4-3-7-5-6-13-9(7)8/h4-6H,2-3H2,1H3. The summed E-state index contributed by atoms with van der Waals surface area (Å²) in [7, 11) is 0. The molecule has 1 aliphatic rings. The number of fused-ring (bicyclic) bond motifs is 1. The van der Waals surface area contributed by atoms with E-state index in [-0.39, 0.29) is 5.97 Å². The van der Waals surface area contributed by atoms with E-state index in [4.69, 9.17) is 4.74 Å². The van der Waals surface area contributed by atoms with Crippen LogP contribution in [0.1, 0.15) is 17.4 Å². The molecule has 0 bridgehead atoms. The van der Waals surface area contributed by atoms with Crippen LogP contribution in [-0.4, -0.2) is 12.6 Å². The highest BCUT2D eigenvalue weighted by Crippen LogP contribution is 2.32. The molecule has 0 amide bonds. The largest absolute Gasteiger partial charge is 0.462 e. The summed E-state index contributed by atoms with van der Waals surface area (Å²) in [6.45, 7) is 2.26. The summed E-state index contributed by atoms with van der Waals surface area (Å²) in [6.07, 6.45) is 2.81. The summed E-state index contributed by atoms with van der Waals surface area (Å²) in [5.74, 6) is -0.191. The second-order valence-corrected chi connectivity index (χ2v) is 3.73. The van der Waals surface area contributed by atoms with Crippen molar-refractivity contribution in [3.8, 4) is 0 Å². The molecule has 0 aromatic carbocycles. The van der Waals surface area contributed by atoms with E-state index in [2.05, 4.69) is 6.07 Å². The van der Waals surface area contributed by atoms with Crippen molar-refractivity contribution in [1.29, 1.82) is 0 Å². The topological polar surface area (TPSA) is 26.3 Å². The third kappa shape index (κ3) is 1.40. The Bertz CT molecular complexity index is 363. The Morgan fingerprint density at radius 2 is 2.54 bits per heavy atom. The van der Waals surface area contributed by atoms with Gasteiger partial charge in [0.15, 0.2) is 0 Å². The van der Waals surface area contributed by atoms with Crippen LogP contribution in [0, 0.1) is 0 Å². The van der Waals surface area contributed by atoms with Gasteiger partial charge in [0.05, 0.1) is 12.2 Å². The van der Waals surface area contributed by atoms with Gasteiger partial charge >= 0.3 is 5.97 Å². The fourth-order valence-corrected chi connectivity index (χ4v) is 2.39. The Morgan fingerprint density at radius 3 is 3.31 bits per heavy atom. The number of rotatable bonds is 2. The lowest BCUT2D eigenvalue weighted by Gasteiger charge is -2.01. The molecule has 1 heterocycles. The zero-order valence-corrected chi connectivity index (χ0v) is 8.19. The average Bonchev–Trinajstić information content (AvgIpc) is 2.62. The predicted molar refractivity (Wildman–Crippen MR) is 52.6 cm³/mol. The number of carbonyl (C=O) groups is 1. The van der Waals surface area contributed by atoms with Crippen LogP contribution in [0.3, 0.4) is 0 Å². The molecule has 68 valence electrons. The first-order valence-corrected chi connectivity index (χ1v) is 5.15. The molecule has 0 aliphatic heterocycles. The molecule has 0 fully saturated rings. The van der Waals surface area contributed by atoms with Gasteiger partial charge in [-0.3, -0.25) is 0 Å². The van der Waals surface area contributed by atoms with Gasteiger partial charge in [-0.2, -0.15) is 0 Å². The molecule has 0 unspecified atom stereocenters. The Labute approximate surface area is 80.8 Å². The molecule has 13 heavy (non-hydrogen) atoms. The minimum absolute atomic E-state index is 0.191. The molecule has 0 radical (unpaired) electrons. The van der Waals surface area contributed by atoms with Crippen LogP contribution >= 0.6 is 11.3 Å². The van der Waals surface area contributed by atoms with E-state index in [0.29, 0.717) is 6.61 Å². The normalized spacial score (nSPS) is 13.8. The van der Waals surface area contributed by atoms with Gasteiger partial charge in [0.2, 0.25) is 0 Å². The predicted octanol–water partition coefficient (Wildman–Crippen LogP) is 2.25. The maximum atomic E-state index is 11.4. The number of hydrogen-bond donors (Lipinski definition) is 0. The molecule has 0 atom stereocenters. The number of esters is 1. The van der Waals surface area contributed by atoms with Crippen LogP contribution in [0.4, 0.5) is 0 Å². The highest BCUT2D eigenvalue weighted by atomic mass is 32.1. The highest BCUT2D eigenvalue weighted by Gasteiger charge is 2.21. The third-order valence-electron chi connectivity index (χ3n) is 2.01. The molecule has 1 aromatic rings. The van der Waals surface area contributed by atoms with E-state index in [0.717, 1.165) is 16.9 Å². The summed E-state index contributed by atoms with van der Waals surface area (Å²) in [4.78, 5) is 12.5. The van der Waals surface area contributed by atoms with Crippen molar-refractivity contribution in [2.45, 2.75) is 13.3 Å². The van der Waals surface area contributed by atoms with Crippen molar-refractivity contribution >= 4 is 22.9 Å². The van der Waals surface area contributed by atoms with Crippen LogP contribution < -0.4 is 0 Å². The lowest BCUT2D eigenvalue weighted by molar-refractivity contribution is -0.136. The second kappa shape index (κ2) is 3.34. The maximum absolute atomic E-state index is 11.4. The first kappa shape index (κ1) is 8.51. The smallest absolute Gasteiger partial charge is 0.339 e. The maximum Gasteiger partial charge on any atom is 0.339 e. The number of thiophene rings is 1. The molecule has 0 spiro atoms. The van der Waals surface area contributed by atoms with Crippen LogP contribution in [0.5, 0.6) is 0 Å². The van der Waals surface area contributed by atoms with Crippen LogP contribution in [0.2, 0.25) is 0 Å². The summed E-state index contributed by atoms with van der Waals surface area (Å²) in [5, 5.41) is 2.01. The first-order chi connectivity index (χ1) is 6.33. The number of ether oxygens (including phenoxy) is 1. The fourth-order valence-electron chi connectivity index (χ4n) is 1.42. The van der Waals surface area contributed by atoms with Gasteiger partial charge in [0.1, 0.15) is 0 Å². The van der Waals surface area contributed by atoms with Crippen molar-refractivity contribution < 1.29 is 9.53 Å². The number of carbonyl (C=O) groups excluding carboxylic acids is 1. The van der Waals surface area contributed by atoms with Gasteiger partial charge < -0.3 is 4.74 Å². The molecular weight excluding hydrogens is 184 g/mol. The minimum atomic E-state index is -0.191. The molecule has 0 N–H and O–H groups in total. The second-order valence-electron chi connectivity index (χ2n) is 2.82. The van der Waals surface area contributed by atoms with Crippen LogP contribution in [0.15, 0.2) is 17.5 Å². The lowest BCUT2D eigenvalue weighted by atomic mass is 10.2.